The normalized spacial score (nSPS) is 18.4. The highest BCUT2D eigenvalue weighted by Gasteiger charge is 2.46. The average Bonchev–Trinajstić information content (AvgIpc) is 4.05. The van der Waals surface area contributed by atoms with Gasteiger partial charge in [-0.2, -0.15) is 19.0 Å². The third kappa shape index (κ3) is 10.6. The van der Waals surface area contributed by atoms with Crippen molar-refractivity contribution in [2.24, 2.45) is 0 Å². The summed E-state index contributed by atoms with van der Waals surface area (Å²) in [6.07, 6.45) is 9.88. The molecule has 2 aliphatic carbocycles. The fourth-order valence-electron chi connectivity index (χ4n) is 10.5. The predicted molar refractivity (Wildman–Crippen MR) is 272 cm³/mol. The second-order valence-electron chi connectivity index (χ2n) is 19.3. The molecule has 0 bridgehead atoms. The summed E-state index contributed by atoms with van der Waals surface area (Å²) in [5, 5.41) is 6.72. The summed E-state index contributed by atoms with van der Waals surface area (Å²) in [5.74, 6) is 1.47. The Labute approximate surface area is 417 Å². The lowest BCUT2D eigenvalue weighted by Gasteiger charge is -2.43. The molecular weight excluding hydrogens is 920 g/mol. The highest BCUT2D eigenvalue weighted by atomic mass is 35.5. The van der Waals surface area contributed by atoms with Gasteiger partial charge in [-0.3, -0.25) is 29.4 Å². The lowest BCUT2D eigenvalue weighted by atomic mass is 9.74. The Morgan fingerprint density at radius 1 is 0.761 bits per heavy atom. The largest absolute Gasteiger partial charge is 0.359 e. The molecule has 4 aromatic heterocycles. The third-order valence-electron chi connectivity index (χ3n) is 14.7. The summed E-state index contributed by atoms with van der Waals surface area (Å²) in [5.41, 5.74) is 1.65. The number of carbonyl (C=O) groups excluding carboxylic acids is 2. The van der Waals surface area contributed by atoms with Crippen molar-refractivity contribution in [2.45, 2.75) is 134 Å². The summed E-state index contributed by atoms with van der Waals surface area (Å²) >= 11 is 7.10. The Bertz CT molecular complexity index is 3100. The number of hydrogen-bond acceptors (Lipinski definition) is 10. The van der Waals surface area contributed by atoms with E-state index in [-0.39, 0.29) is 59.7 Å². The molecular formula is C54H63ClN10O6. The lowest BCUT2D eigenvalue weighted by Crippen LogP contribution is -2.54. The van der Waals surface area contributed by atoms with Gasteiger partial charge in [0.25, 0.3) is 34.5 Å². The lowest BCUT2D eigenvalue weighted by molar-refractivity contribution is -0.168. The van der Waals surface area contributed by atoms with Crippen molar-refractivity contribution in [1.82, 2.24) is 49.0 Å². The van der Waals surface area contributed by atoms with Gasteiger partial charge in [-0.05, 0) is 80.9 Å². The Morgan fingerprint density at radius 2 is 1.34 bits per heavy atom. The van der Waals surface area contributed by atoms with Gasteiger partial charge >= 0.3 is 0 Å². The number of fused-ring (bicyclic) bond motifs is 2. The van der Waals surface area contributed by atoms with E-state index in [0.717, 1.165) is 54.4 Å². The number of halogens is 1. The number of nitrogens with zero attached hydrogens (tertiary/aromatic N) is 8. The molecule has 0 radical (unpaired) electrons. The molecule has 2 aliphatic rings. The molecule has 17 heteroatoms. The van der Waals surface area contributed by atoms with E-state index in [1.165, 1.54) is 27.6 Å². The summed E-state index contributed by atoms with van der Waals surface area (Å²) in [7, 11) is 3.70. The first kappa shape index (κ1) is 49.5. The van der Waals surface area contributed by atoms with Gasteiger partial charge in [-0.15, -0.1) is 0 Å². The molecule has 1 unspecified atom stereocenters. The van der Waals surface area contributed by atoms with E-state index >= 15 is 0 Å². The van der Waals surface area contributed by atoms with Crippen LogP contribution in [0.1, 0.15) is 119 Å². The number of benzene rings is 3. The van der Waals surface area contributed by atoms with Crippen molar-refractivity contribution in [3.05, 3.63) is 139 Å². The second-order valence-corrected chi connectivity index (χ2v) is 19.7. The van der Waals surface area contributed by atoms with E-state index in [0.29, 0.717) is 79.5 Å². The van der Waals surface area contributed by atoms with Gasteiger partial charge in [0.2, 0.25) is 0 Å². The summed E-state index contributed by atoms with van der Waals surface area (Å²) < 4.78 is 15.8. The smallest absolute Gasteiger partial charge is 0.274 e. The van der Waals surface area contributed by atoms with Crippen LogP contribution in [0.2, 0.25) is 5.02 Å². The maximum atomic E-state index is 14.6. The zero-order valence-corrected chi connectivity index (χ0v) is 41.8. The number of rotatable bonds is 18. The van der Waals surface area contributed by atoms with Gasteiger partial charge in [0, 0.05) is 55.0 Å². The van der Waals surface area contributed by atoms with Crippen molar-refractivity contribution < 1.29 is 19.1 Å². The van der Waals surface area contributed by atoms with Crippen LogP contribution >= 0.6 is 11.6 Å². The van der Waals surface area contributed by atoms with Crippen molar-refractivity contribution >= 4 is 35.0 Å². The highest BCUT2D eigenvalue weighted by Crippen LogP contribution is 2.44. The first-order valence-electron chi connectivity index (χ1n) is 25.1. The van der Waals surface area contributed by atoms with Crippen molar-refractivity contribution in [3.63, 3.8) is 0 Å². The van der Waals surface area contributed by atoms with Crippen molar-refractivity contribution in [1.29, 1.82) is 0 Å². The van der Waals surface area contributed by atoms with E-state index < -0.39 is 11.2 Å². The number of nitrogens with one attached hydrogen (secondary N) is 2. The topological polar surface area (TPSA) is 185 Å². The molecule has 2 N–H and O–H groups in total. The minimum atomic E-state index is -1.11. The van der Waals surface area contributed by atoms with Crippen LogP contribution in [0.3, 0.4) is 0 Å². The molecule has 4 heterocycles. The van der Waals surface area contributed by atoms with E-state index in [2.05, 4.69) is 42.3 Å². The number of ether oxygens (including phenoxy) is 2. The number of likely N-dealkylation sites (N-methyl/N-ethyl adjacent to an activating group) is 2. The molecule has 1 atom stereocenters. The summed E-state index contributed by atoms with van der Waals surface area (Å²) in [6, 6.07) is 28.2. The monoisotopic (exact) mass is 982 g/mol. The quantitative estimate of drug-likeness (QED) is 0.0843. The molecule has 2 saturated carbocycles. The van der Waals surface area contributed by atoms with E-state index in [9.17, 15) is 19.2 Å². The fourth-order valence-corrected chi connectivity index (χ4v) is 10.9. The van der Waals surface area contributed by atoms with Crippen LogP contribution in [0.4, 0.5) is 0 Å². The Morgan fingerprint density at radius 3 is 1.89 bits per heavy atom. The molecule has 2 fully saturated rings. The van der Waals surface area contributed by atoms with Crippen LogP contribution in [0.15, 0.2) is 101 Å². The molecule has 9 rings (SSSR count). The number of aromatic nitrogens is 8. The molecule has 372 valence electrons. The number of aromatic amines is 2. The molecule has 71 heavy (non-hydrogen) atoms. The van der Waals surface area contributed by atoms with Crippen LogP contribution in [-0.2, 0) is 38.7 Å². The van der Waals surface area contributed by atoms with Gasteiger partial charge in [-0.25, -0.2) is 9.97 Å². The minimum absolute atomic E-state index is 0.0123. The van der Waals surface area contributed by atoms with Gasteiger partial charge < -0.3 is 19.3 Å². The standard InChI is InChI=1S/C54H63ClN10O6/c1-5-27-53(6-2,70-34-40-32-45(66)64-51(56-40)58-47(60-64)38-16-10-7-11-17-38)49(68)62(3)30-26-36-22-23-43(44(55)31-36)37-24-28-54(29-25-37,50(69)63(4)42-20-14-9-15-21-42)71-35-41-33-46(67)65-52(57-41)59-48(61-65)39-18-12-8-13-19-39/h7-8,10-13,16-19,22-23,31-33,37,42H,5-6,9,14-15,20-21,24-30,34-35H2,1-4H3,(H,56,58,60)(H,57,59,61). The molecule has 0 aliphatic heterocycles. The predicted octanol–water partition coefficient (Wildman–Crippen LogP) is 8.71. The second kappa shape index (κ2) is 21.5. The first-order chi connectivity index (χ1) is 34.4. The van der Waals surface area contributed by atoms with Crippen LogP contribution in [0, 0.1) is 0 Å². The fraction of sp³-hybridized carbons (Fsp3) is 0.444. The molecule has 0 saturated heterocycles. The van der Waals surface area contributed by atoms with Crippen LogP contribution < -0.4 is 11.1 Å². The molecule has 0 spiro atoms. The number of H-pyrrole nitrogens is 2. The SMILES string of the molecule is CCCC(CC)(OCc1cc(=O)n2[nH]c(-c3ccccc3)nc2n1)C(=O)N(C)CCc1ccc(C2CCC(OCc3cc(=O)n4[nH]c(-c5ccccc5)nc4n3)(C(=O)N(C)C3CCCCC3)CC2)c(Cl)c1. The molecule has 16 nitrogen and oxygen atoms in total. The van der Waals surface area contributed by atoms with E-state index in [4.69, 9.17) is 21.1 Å². The van der Waals surface area contributed by atoms with Gasteiger partial charge in [0.05, 0.1) is 24.6 Å². The summed E-state index contributed by atoms with van der Waals surface area (Å²) in [6.45, 7) is 4.37. The average molecular weight is 984 g/mol. The van der Waals surface area contributed by atoms with Crippen LogP contribution in [0.25, 0.3) is 34.3 Å². The zero-order valence-electron chi connectivity index (χ0n) is 41.0. The minimum Gasteiger partial charge on any atom is -0.359 e. The molecule has 2 amide bonds. The zero-order chi connectivity index (χ0) is 49.7. The highest BCUT2D eigenvalue weighted by molar-refractivity contribution is 6.31. The Hall–Kier alpha value is -6.49. The number of hydrogen-bond donors (Lipinski definition) is 2. The van der Waals surface area contributed by atoms with E-state index in [1.807, 2.05) is 92.5 Å². The van der Waals surface area contributed by atoms with Crippen molar-refractivity contribution in [3.8, 4) is 22.8 Å². The Kier molecular flexibility index (Phi) is 15.0. The maximum absolute atomic E-state index is 14.6. The molecule has 7 aromatic rings. The van der Waals surface area contributed by atoms with Gasteiger partial charge in [0.15, 0.2) is 11.6 Å². The van der Waals surface area contributed by atoms with Gasteiger partial charge in [0.1, 0.15) is 11.2 Å². The van der Waals surface area contributed by atoms with E-state index in [1.54, 1.807) is 11.9 Å². The van der Waals surface area contributed by atoms with Crippen LogP contribution in [-0.4, -0.2) is 98.7 Å². The summed E-state index contributed by atoms with van der Waals surface area (Å²) in [4.78, 5) is 77.4. The maximum Gasteiger partial charge on any atom is 0.274 e. The van der Waals surface area contributed by atoms with Crippen molar-refractivity contribution in [2.75, 3.05) is 20.6 Å². The molecule has 3 aromatic carbocycles. The van der Waals surface area contributed by atoms with Crippen LogP contribution in [0.5, 0.6) is 0 Å². The van der Waals surface area contributed by atoms with Gasteiger partial charge in [-0.1, -0.05) is 124 Å². The third-order valence-corrected chi connectivity index (χ3v) is 15.0. The number of amides is 2. The first-order valence-corrected chi connectivity index (χ1v) is 25.4. The number of carbonyl (C=O) groups is 2. The Balaban J connectivity index is 0.847.